The Balaban J connectivity index is 2.59. The summed E-state index contributed by atoms with van der Waals surface area (Å²) in [6.45, 7) is 0. The van der Waals surface area contributed by atoms with Gasteiger partial charge in [0, 0.05) is 11.6 Å². The van der Waals surface area contributed by atoms with E-state index in [1.54, 1.807) is 24.3 Å². The maximum Gasteiger partial charge on any atom is 0.338 e. The molecule has 6 heteroatoms. The van der Waals surface area contributed by atoms with E-state index in [0.29, 0.717) is 10.9 Å². The molecule has 0 aliphatic rings. The molecule has 0 unspecified atom stereocenters. The van der Waals surface area contributed by atoms with Gasteiger partial charge in [-0.15, -0.1) is 0 Å². The Hall–Kier alpha value is -3.02. The molecule has 6 nitrogen and oxygen atoms in total. The molecule has 20 heavy (non-hydrogen) atoms. The van der Waals surface area contributed by atoms with E-state index in [1.165, 1.54) is 16.7 Å². The summed E-state index contributed by atoms with van der Waals surface area (Å²) in [6, 6.07) is 7.98. The third-order valence-corrected chi connectivity index (χ3v) is 3.21. The summed E-state index contributed by atoms with van der Waals surface area (Å²) >= 11 is 0. The van der Waals surface area contributed by atoms with Gasteiger partial charge in [-0.25, -0.2) is 4.79 Å². The molecule has 0 saturated carbocycles. The van der Waals surface area contributed by atoms with Crippen LogP contribution in [0.2, 0.25) is 0 Å². The molecule has 0 aliphatic heterocycles. The molecular weight excluding hydrogens is 260 g/mol. The highest BCUT2D eigenvalue weighted by molar-refractivity contribution is 6.12. The molecule has 2 heterocycles. The number of primary amides is 1. The second kappa shape index (κ2) is 3.99. The summed E-state index contributed by atoms with van der Waals surface area (Å²) in [4.78, 5) is 22.7. The number of carbonyl (C=O) groups is 2. The number of amides is 1. The Bertz CT molecular complexity index is 880. The van der Waals surface area contributed by atoms with Crippen LogP contribution in [0.15, 0.2) is 36.5 Å². The third kappa shape index (κ3) is 1.51. The molecule has 0 radical (unpaired) electrons. The Morgan fingerprint density at radius 1 is 1.20 bits per heavy atom. The van der Waals surface area contributed by atoms with Gasteiger partial charge in [0.2, 0.25) is 5.91 Å². The number of hydrogen-bond acceptors (Lipinski definition) is 3. The molecule has 0 aliphatic carbocycles. The molecule has 0 saturated heterocycles. The van der Waals surface area contributed by atoms with Gasteiger partial charge in [0.15, 0.2) is 0 Å². The number of hydrogen-bond donors (Lipinski definition) is 3. The number of aromatic hydroxyl groups is 1. The van der Waals surface area contributed by atoms with Crippen LogP contribution < -0.4 is 5.73 Å². The number of fused-ring (bicyclic) bond motifs is 3. The number of carbonyl (C=O) groups excluding carboxylic acids is 1. The molecule has 1 amide bonds. The molecular formula is C14H10N2O4. The smallest absolute Gasteiger partial charge is 0.338 e. The van der Waals surface area contributed by atoms with E-state index < -0.39 is 11.9 Å². The quantitative estimate of drug-likeness (QED) is 0.657. The van der Waals surface area contributed by atoms with Crippen molar-refractivity contribution in [3.8, 4) is 5.75 Å². The lowest BCUT2D eigenvalue weighted by Crippen LogP contribution is -2.11. The van der Waals surface area contributed by atoms with Gasteiger partial charge in [0.1, 0.15) is 11.3 Å². The summed E-state index contributed by atoms with van der Waals surface area (Å²) in [7, 11) is 0. The SMILES string of the molecule is NC(=O)c1cc(O)c2c(C(=O)O)c3ccccc3n2c1. The van der Waals surface area contributed by atoms with Crippen LogP contribution in [0.3, 0.4) is 0 Å². The first-order valence-electron chi connectivity index (χ1n) is 5.79. The van der Waals surface area contributed by atoms with Crippen molar-refractivity contribution in [2.24, 2.45) is 5.73 Å². The number of rotatable bonds is 2. The highest BCUT2D eigenvalue weighted by atomic mass is 16.4. The first-order valence-corrected chi connectivity index (χ1v) is 5.79. The van der Waals surface area contributed by atoms with Crippen LogP contribution in [0, 0.1) is 0 Å². The fourth-order valence-electron chi connectivity index (χ4n) is 2.39. The highest BCUT2D eigenvalue weighted by Crippen LogP contribution is 2.32. The van der Waals surface area contributed by atoms with E-state index in [4.69, 9.17) is 5.73 Å². The second-order valence-electron chi connectivity index (χ2n) is 4.39. The van der Waals surface area contributed by atoms with Gasteiger partial charge in [0.05, 0.1) is 16.6 Å². The van der Waals surface area contributed by atoms with E-state index >= 15 is 0 Å². The maximum atomic E-state index is 11.4. The van der Waals surface area contributed by atoms with E-state index in [-0.39, 0.29) is 22.4 Å². The minimum atomic E-state index is -1.15. The van der Waals surface area contributed by atoms with E-state index in [9.17, 15) is 19.8 Å². The Morgan fingerprint density at radius 2 is 1.90 bits per heavy atom. The summed E-state index contributed by atoms with van der Waals surface area (Å²) in [5.74, 6) is -2.14. The number of nitrogens with two attached hydrogens (primary N) is 1. The zero-order valence-corrected chi connectivity index (χ0v) is 10.2. The molecule has 0 spiro atoms. The highest BCUT2D eigenvalue weighted by Gasteiger charge is 2.21. The lowest BCUT2D eigenvalue weighted by Gasteiger charge is -2.03. The predicted molar refractivity (Wildman–Crippen MR) is 72.0 cm³/mol. The molecule has 3 aromatic rings. The molecule has 4 N–H and O–H groups in total. The molecule has 3 rings (SSSR count). The minimum absolute atomic E-state index is 0.00544. The zero-order valence-electron chi connectivity index (χ0n) is 10.2. The fraction of sp³-hybridized carbons (Fsp3) is 0. The fourth-order valence-corrected chi connectivity index (χ4v) is 2.39. The second-order valence-corrected chi connectivity index (χ2v) is 4.39. The largest absolute Gasteiger partial charge is 0.506 e. The van der Waals surface area contributed by atoms with Gasteiger partial charge < -0.3 is 20.3 Å². The minimum Gasteiger partial charge on any atom is -0.506 e. The number of carboxylic acid groups (broad SMARTS) is 1. The van der Waals surface area contributed by atoms with Gasteiger partial charge in [-0.2, -0.15) is 0 Å². The number of nitrogens with zero attached hydrogens (tertiary/aromatic N) is 1. The summed E-state index contributed by atoms with van der Waals surface area (Å²) in [5.41, 5.74) is 6.03. The average molecular weight is 270 g/mol. The van der Waals surface area contributed by atoms with Crippen LogP contribution in [0.5, 0.6) is 5.75 Å². The van der Waals surface area contributed by atoms with Crippen LogP contribution in [-0.4, -0.2) is 26.5 Å². The lowest BCUT2D eigenvalue weighted by atomic mass is 10.1. The van der Waals surface area contributed by atoms with Crippen molar-refractivity contribution in [2.45, 2.75) is 0 Å². The van der Waals surface area contributed by atoms with Crippen molar-refractivity contribution in [2.75, 3.05) is 0 Å². The van der Waals surface area contributed by atoms with Crippen LogP contribution >= 0.6 is 0 Å². The molecule has 0 bridgehead atoms. The van der Waals surface area contributed by atoms with Crippen molar-refractivity contribution in [1.29, 1.82) is 0 Å². The van der Waals surface area contributed by atoms with Gasteiger partial charge >= 0.3 is 5.97 Å². The number of carboxylic acids is 1. The normalized spacial score (nSPS) is 11.0. The molecule has 2 aromatic heterocycles. The Labute approximate surface area is 112 Å². The average Bonchev–Trinajstić information content (AvgIpc) is 2.74. The van der Waals surface area contributed by atoms with Gasteiger partial charge in [-0.05, 0) is 12.1 Å². The van der Waals surface area contributed by atoms with E-state index in [2.05, 4.69) is 0 Å². The summed E-state index contributed by atoms with van der Waals surface area (Å²) in [6.07, 6.45) is 1.42. The van der Waals surface area contributed by atoms with E-state index in [1.807, 2.05) is 0 Å². The van der Waals surface area contributed by atoms with Crippen LogP contribution in [0.25, 0.3) is 16.4 Å². The number of aromatic carboxylic acids is 1. The van der Waals surface area contributed by atoms with Crippen molar-refractivity contribution in [3.05, 3.63) is 47.7 Å². The van der Waals surface area contributed by atoms with Crippen LogP contribution in [-0.2, 0) is 0 Å². The number of pyridine rings is 1. The molecule has 0 atom stereocenters. The van der Waals surface area contributed by atoms with Crippen LogP contribution in [0.1, 0.15) is 20.7 Å². The van der Waals surface area contributed by atoms with Crippen molar-refractivity contribution in [1.82, 2.24) is 4.40 Å². The monoisotopic (exact) mass is 270 g/mol. The van der Waals surface area contributed by atoms with Gasteiger partial charge in [-0.1, -0.05) is 18.2 Å². The topological polar surface area (TPSA) is 105 Å². The molecule has 0 fully saturated rings. The first-order chi connectivity index (χ1) is 9.50. The number of benzene rings is 1. The summed E-state index contributed by atoms with van der Waals surface area (Å²) in [5, 5.41) is 19.9. The van der Waals surface area contributed by atoms with Crippen molar-refractivity contribution in [3.63, 3.8) is 0 Å². The standard InChI is InChI=1S/C14H10N2O4/c15-13(18)7-5-10(17)12-11(14(19)20)8-3-1-2-4-9(8)16(12)6-7/h1-6,17H,(H2,15,18)(H,19,20). The van der Waals surface area contributed by atoms with Gasteiger partial charge in [0.25, 0.3) is 0 Å². The van der Waals surface area contributed by atoms with Crippen molar-refractivity contribution < 1.29 is 19.8 Å². The third-order valence-electron chi connectivity index (χ3n) is 3.21. The number of aromatic nitrogens is 1. The van der Waals surface area contributed by atoms with Crippen molar-refractivity contribution >= 4 is 28.3 Å². The van der Waals surface area contributed by atoms with Crippen LogP contribution in [0.4, 0.5) is 0 Å². The zero-order chi connectivity index (χ0) is 14.4. The predicted octanol–water partition coefficient (Wildman–Crippen LogP) is 1.60. The summed E-state index contributed by atoms with van der Waals surface area (Å²) < 4.78 is 1.47. The molecule has 1 aromatic carbocycles. The Kier molecular flexibility index (Phi) is 2.40. The van der Waals surface area contributed by atoms with E-state index in [0.717, 1.165) is 0 Å². The first kappa shape index (κ1) is 12.0. The number of para-hydroxylation sites is 1. The molecule has 100 valence electrons. The Morgan fingerprint density at radius 3 is 2.55 bits per heavy atom. The lowest BCUT2D eigenvalue weighted by molar-refractivity contribution is 0.0700. The van der Waals surface area contributed by atoms with Gasteiger partial charge in [-0.3, -0.25) is 4.79 Å². The maximum absolute atomic E-state index is 11.4.